The van der Waals surface area contributed by atoms with Gasteiger partial charge in [0.1, 0.15) is 6.20 Å². The van der Waals surface area contributed by atoms with Crippen LogP contribution in [0.2, 0.25) is 0 Å². The van der Waals surface area contributed by atoms with Crippen LogP contribution in [-0.4, -0.2) is 6.54 Å². The number of quaternary nitrogens is 1. The molecule has 0 bridgehead atoms. The molecular formula is C17H32ClN. The molecule has 112 valence electrons. The summed E-state index contributed by atoms with van der Waals surface area (Å²) in [6.07, 6.45) is 20.9. The van der Waals surface area contributed by atoms with Gasteiger partial charge in [-0.1, -0.05) is 58.8 Å². The highest BCUT2D eigenvalue weighted by Gasteiger charge is 2.09. The molecule has 1 rings (SSSR count). The van der Waals surface area contributed by atoms with Crippen molar-refractivity contribution in [2.24, 2.45) is 0 Å². The third-order valence-electron chi connectivity index (χ3n) is 3.74. The van der Waals surface area contributed by atoms with Crippen LogP contribution in [-0.2, 0) is 0 Å². The highest BCUT2D eigenvalue weighted by molar-refractivity contribution is 5.17. The maximum absolute atomic E-state index is 2.41. The fourth-order valence-corrected chi connectivity index (χ4v) is 2.61. The number of hydrogen-bond donors (Lipinski definition) is 1. The Bertz CT molecular complexity index is 258. The van der Waals surface area contributed by atoms with E-state index in [2.05, 4.69) is 32.3 Å². The van der Waals surface area contributed by atoms with Crippen molar-refractivity contribution in [1.29, 1.82) is 0 Å². The Morgan fingerprint density at radius 3 is 2.11 bits per heavy atom. The molecule has 0 fully saturated rings. The molecule has 0 aromatic carbocycles. The number of allylic oxidation sites excluding steroid dienone is 2. The SMILES string of the molecule is CCCCCCCCCC[NH+]1C=CC(CCC)=C1.[Cl-]. The maximum atomic E-state index is 2.41. The van der Waals surface area contributed by atoms with Gasteiger partial charge in [-0.2, -0.15) is 0 Å². The van der Waals surface area contributed by atoms with Crippen LogP contribution >= 0.6 is 0 Å². The van der Waals surface area contributed by atoms with E-state index >= 15 is 0 Å². The lowest BCUT2D eigenvalue weighted by Crippen LogP contribution is -3.01. The summed E-state index contributed by atoms with van der Waals surface area (Å²) in [7, 11) is 0. The molecule has 0 saturated heterocycles. The third-order valence-corrected chi connectivity index (χ3v) is 3.74. The van der Waals surface area contributed by atoms with Crippen LogP contribution in [0.25, 0.3) is 0 Å². The summed E-state index contributed by atoms with van der Waals surface area (Å²) >= 11 is 0. The molecule has 1 atom stereocenters. The van der Waals surface area contributed by atoms with E-state index in [-0.39, 0.29) is 12.4 Å². The van der Waals surface area contributed by atoms with Gasteiger partial charge < -0.3 is 12.4 Å². The van der Waals surface area contributed by atoms with Crippen molar-refractivity contribution >= 4 is 0 Å². The van der Waals surface area contributed by atoms with Crippen LogP contribution < -0.4 is 17.3 Å². The molecule has 1 nitrogen and oxygen atoms in total. The Morgan fingerprint density at radius 2 is 1.47 bits per heavy atom. The zero-order valence-corrected chi connectivity index (χ0v) is 13.6. The van der Waals surface area contributed by atoms with Gasteiger partial charge in [-0.3, -0.25) is 4.90 Å². The highest BCUT2D eigenvalue weighted by Crippen LogP contribution is 2.08. The van der Waals surface area contributed by atoms with E-state index in [1.807, 2.05) is 0 Å². The Labute approximate surface area is 126 Å². The number of halogens is 1. The van der Waals surface area contributed by atoms with Gasteiger partial charge >= 0.3 is 0 Å². The molecule has 1 aliphatic rings. The van der Waals surface area contributed by atoms with Crippen molar-refractivity contribution in [2.45, 2.75) is 78.1 Å². The molecule has 0 radical (unpaired) electrons. The summed E-state index contributed by atoms with van der Waals surface area (Å²) in [4.78, 5) is 1.56. The first-order valence-electron chi connectivity index (χ1n) is 8.11. The third kappa shape index (κ3) is 9.29. The first kappa shape index (κ1) is 18.7. The van der Waals surface area contributed by atoms with Crippen molar-refractivity contribution < 1.29 is 17.3 Å². The normalized spacial score (nSPS) is 17.4. The Kier molecular flexibility index (Phi) is 12.6. The molecule has 1 N–H and O–H groups in total. The van der Waals surface area contributed by atoms with Crippen LogP contribution in [0.5, 0.6) is 0 Å². The molecule has 19 heavy (non-hydrogen) atoms. The van der Waals surface area contributed by atoms with Gasteiger partial charge in [0.25, 0.3) is 0 Å². The smallest absolute Gasteiger partial charge is 0.102 e. The van der Waals surface area contributed by atoms with Crippen molar-refractivity contribution in [2.75, 3.05) is 6.54 Å². The van der Waals surface area contributed by atoms with E-state index in [0.717, 1.165) is 0 Å². The summed E-state index contributed by atoms with van der Waals surface area (Å²) in [6, 6.07) is 0. The molecule has 2 heteroatoms. The molecule has 0 amide bonds. The van der Waals surface area contributed by atoms with Gasteiger partial charge in [-0.05, 0) is 19.3 Å². The molecule has 0 aliphatic carbocycles. The van der Waals surface area contributed by atoms with Crippen LogP contribution in [0.15, 0.2) is 24.0 Å². The lowest BCUT2D eigenvalue weighted by Gasteiger charge is -2.06. The van der Waals surface area contributed by atoms with Gasteiger partial charge in [-0.15, -0.1) is 0 Å². The molecular weight excluding hydrogens is 254 g/mol. The standard InChI is InChI=1S/C17H31N.ClH/c1-3-5-6-7-8-9-10-11-14-18-15-13-17(16-18)12-4-2;/h13,15-16H,3-12,14H2,1-2H3;1H. The molecule has 1 unspecified atom stereocenters. The minimum Gasteiger partial charge on any atom is -1.00 e. The number of unbranched alkanes of at least 4 members (excludes halogenated alkanes) is 7. The molecule has 0 aromatic heterocycles. The Hall–Kier alpha value is -0.270. The second-order valence-corrected chi connectivity index (χ2v) is 5.60. The summed E-state index contributed by atoms with van der Waals surface area (Å²) in [5.74, 6) is 0. The fraction of sp³-hybridized carbons (Fsp3) is 0.765. The fourth-order valence-electron chi connectivity index (χ4n) is 2.61. The largest absolute Gasteiger partial charge is 1.00 e. The minimum absolute atomic E-state index is 0. The van der Waals surface area contributed by atoms with Crippen molar-refractivity contribution in [3.05, 3.63) is 24.0 Å². The molecule has 0 spiro atoms. The topological polar surface area (TPSA) is 4.44 Å². The second kappa shape index (κ2) is 12.7. The van der Waals surface area contributed by atoms with Gasteiger partial charge in [-0.25, -0.2) is 0 Å². The lowest BCUT2D eigenvalue weighted by molar-refractivity contribution is -0.788. The van der Waals surface area contributed by atoms with E-state index in [1.54, 1.807) is 4.90 Å². The second-order valence-electron chi connectivity index (χ2n) is 5.60. The minimum atomic E-state index is 0. The molecule has 0 saturated carbocycles. The van der Waals surface area contributed by atoms with E-state index in [4.69, 9.17) is 0 Å². The van der Waals surface area contributed by atoms with E-state index in [1.165, 1.54) is 76.3 Å². The van der Waals surface area contributed by atoms with E-state index in [0.29, 0.717) is 0 Å². The van der Waals surface area contributed by atoms with E-state index < -0.39 is 0 Å². The van der Waals surface area contributed by atoms with Gasteiger partial charge in [0, 0.05) is 11.6 Å². The van der Waals surface area contributed by atoms with Gasteiger partial charge in [0.15, 0.2) is 0 Å². The molecule has 0 aromatic rings. The number of rotatable bonds is 11. The van der Waals surface area contributed by atoms with Crippen molar-refractivity contribution in [3.8, 4) is 0 Å². The molecule has 1 aliphatic heterocycles. The summed E-state index contributed by atoms with van der Waals surface area (Å²) in [6.45, 7) is 5.83. The van der Waals surface area contributed by atoms with Crippen LogP contribution in [0.4, 0.5) is 0 Å². The maximum Gasteiger partial charge on any atom is 0.102 e. The summed E-state index contributed by atoms with van der Waals surface area (Å²) in [5.41, 5.74) is 1.53. The zero-order chi connectivity index (χ0) is 13.1. The van der Waals surface area contributed by atoms with Gasteiger partial charge in [0.05, 0.1) is 12.7 Å². The van der Waals surface area contributed by atoms with Gasteiger partial charge in [0.2, 0.25) is 0 Å². The predicted molar refractivity (Wildman–Crippen MR) is 80.6 cm³/mol. The molecule has 1 heterocycles. The summed E-state index contributed by atoms with van der Waals surface area (Å²) in [5, 5.41) is 0. The average Bonchev–Trinajstić information content (AvgIpc) is 2.81. The highest BCUT2D eigenvalue weighted by atomic mass is 35.5. The number of hydrogen-bond acceptors (Lipinski definition) is 0. The Morgan fingerprint density at radius 1 is 0.842 bits per heavy atom. The number of nitrogens with one attached hydrogen (secondary N) is 1. The quantitative estimate of drug-likeness (QED) is 0.545. The van der Waals surface area contributed by atoms with Crippen LogP contribution in [0.1, 0.15) is 78.1 Å². The first-order chi connectivity index (χ1) is 8.86. The zero-order valence-electron chi connectivity index (χ0n) is 12.9. The van der Waals surface area contributed by atoms with Crippen molar-refractivity contribution in [3.63, 3.8) is 0 Å². The summed E-state index contributed by atoms with van der Waals surface area (Å²) < 4.78 is 0. The van der Waals surface area contributed by atoms with Crippen LogP contribution in [0.3, 0.4) is 0 Å². The van der Waals surface area contributed by atoms with Crippen LogP contribution in [0, 0.1) is 0 Å². The van der Waals surface area contributed by atoms with E-state index in [9.17, 15) is 0 Å². The average molecular weight is 286 g/mol. The van der Waals surface area contributed by atoms with Crippen molar-refractivity contribution in [1.82, 2.24) is 0 Å². The Balaban J connectivity index is 0.00000324. The lowest BCUT2D eigenvalue weighted by atomic mass is 10.1. The first-order valence-corrected chi connectivity index (χ1v) is 8.11. The monoisotopic (exact) mass is 285 g/mol. The predicted octanol–water partition coefficient (Wildman–Crippen LogP) is 1.23.